The van der Waals surface area contributed by atoms with E-state index in [9.17, 15) is 9.90 Å². The van der Waals surface area contributed by atoms with Crippen molar-refractivity contribution in [3.63, 3.8) is 0 Å². The lowest BCUT2D eigenvalue weighted by Crippen LogP contribution is -2.51. The van der Waals surface area contributed by atoms with Gasteiger partial charge in [-0.1, -0.05) is 0 Å². The van der Waals surface area contributed by atoms with Gasteiger partial charge >= 0.3 is 0 Å². The third-order valence-corrected chi connectivity index (χ3v) is 6.21. The van der Waals surface area contributed by atoms with Gasteiger partial charge in [-0.15, -0.1) is 11.3 Å². The summed E-state index contributed by atoms with van der Waals surface area (Å²) < 4.78 is 6.27. The fourth-order valence-electron chi connectivity index (χ4n) is 3.60. The number of aryl methyl sites for hydroxylation is 1. The van der Waals surface area contributed by atoms with Crippen LogP contribution in [0.5, 0.6) is 11.5 Å². The summed E-state index contributed by atoms with van der Waals surface area (Å²) in [6, 6.07) is 0. The Bertz CT molecular complexity index is 874. The number of carbonyl (C=O) groups is 1. The first-order valence-corrected chi connectivity index (χ1v) is 9.69. The molecule has 0 unspecified atom stereocenters. The Morgan fingerprint density at radius 2 is 2.00 bits per heavy atom. The predicted octanol–water partition coefficient (Wildman–Crippen LogP) is 3.82. The molecule has 3 rings (SSSR count). The number of rotatable bonds is 3. The molecule has 1 amide bonds. The fraction of sp³-hybridized carbons (Fsp3) is 0.500. The number of thiazole rings is 1. The summed E-state index contributed by atoms with van der Waals surface area (Å²) in [4.78, 5) is 19.2. The maximum Gasteiger partial charge on any atom is 0.266 e. The van der Waals surface area contributed by atoms with Crippen LogP contribution in [-0.4, -0.2) is 33.5 Å². The highest BCUT2D eigenvalue weighted by Crippen LogP contribution is 2.43. The Kier molecular flexibility index (Phi) is 4.73. The van der Waals surface area contributed by atoms with Crippen LogP contribution in [0, 0.1) is 27.7 Å². The number of phenolic OH excluding ortho intramolecular Hbond substituents is 1. The van der Waals surface area contributed by atoms with Gasteiger partial charge < -0.3 is 14.7 Å². The number of carbonyl (C=O) groups excluding carboxylic acids is 1. The largest absolute Gasteiger partial charge is 0.507 e. The summed E-state index contributed by atoms with van der Waals surface area (Å²) >= 11 is 1.59. The number of aromatic nitrogens is 1. The minimum atomic E-state index is -0.909. The molecule has 1 aromatic heterocycles. The quantitative estimate of drug-likeness (QED) is 0.887. The molecular weight excluding hydrogens is 348 g/mol. The van der Waals surface area contributed by atoms with Crippen molar-refractivity contribution >= 4 is 17.2 Å². The van der Waals surface area contributed by atoms with E-state index in [4.69, 9.17) is 4.74 Å². The molecule has 5 nitrogen and oxygen atoms in total. The van der Waals surface area contributed by atoms with Crippen LogP contribution >= 0.6 is 11.3 Å². The molecule has 0 aliphatic carbocycles. The zero-order chi connectivity index (χ0) is 19.2. The van der Waals surface area contributed by atoms with E-state index in [1.165, 1.54) is 0 Å². The highest BCUT2D eigenvalue weighted by molar-refractivity contribution is 7.09. The number of aromatic hydroxyl groups is 1. The molecule has 0 saturated carbocycles. The minimum absolute atomic E-state index is 0.0448. The predicted molar refractivity (Wildman–Crippen MR) is 103 cm³/mol. The average molecular weight is 375 g/mol. The lowest BCUT2D eigenvalue weighted by Gasteiger charge is -2.38. The zero-order valence-corrected chi connectivity index (χ0v) is 17.1. The third kappa shape index (κ3) is 3.07. The van der Waals surface area contributed by atoms with Crippen molar-refractivity contribution < 1.29 is 14.6 Å². The van der Waals surface area contributed by atoms with E-state index in [0.29, 0.717) is 25.1 Å². The highest BCUT2D eigenvalue weighted by Gasteiger charge is 2.42. The van der Waals surface area contributed by atoms with Gasteiger partial charge in [-0.3, -0.25) is 4.79 Å². The lowest BCUT2D eigenvalue weighted by molar-refractivity contribution is -0.147. The Hall–Kier alpha value is -2.08. The number of hydrogen-bond donors (Lipinski definition) is 1. The molecule has 1 atom stereocenters. The zero-order valence-electron chi connectivity index (χ0n) is 16.3. The van der Waals surface area contributed by atoms with Crippen molar-refractivity contribution in [3.8, 4) is 11.5 Å². The summed E-state index contributed by atoms with van der Waals surface area (Å²) in [6.07, 6.45) is 1.30. The van der Waals surface area contributed by atoms with E-state index >= 15 is 0 Å². The molecule has 1 aliphatic rings. The van der Waals surface area contributed by atoms with E-state index in [1.54, 1.807) is 23.3 Å². The minimum Gasteiger partial charge on any atom is -0.507 e. The molecule has 0 bridgehead atoms. The molecule has 0 spiro atoms. The van der Waals surface area contributed by atoms with Gasteiger partial charge in [0.15, 0.2) is 5.60 Å². The lowest BCUT2D eigenvalue weighted by atomic mass is 9.86. The summed E-state index contributed by atoms with van der Waals surface area (Å²) in [5.41, 5.74) is 3.56. The molecule has 0 fully saturated rings. The van der Waals surface area contributed by atoms with E-state index in [2.05, 4.69) is 4.98 Å². The smallest absolute Gasteiger partial charge is 0.266 e. The van der Waals surface area contributed by atoms with Gasteiger partial charge in [0.05, 0.1) is 17.2 Å². The Balaban J connectivity index is 1.87. The van der Waals surface area contributed by atoms with Crippen LogP contribution in [0.25, 0.3) is 0 Å². The number of nitrogens with zero attached hydrogens (tertiary/aromatic N) is 2. The monoisotopic (exact) mass is 374 g/mol. The SMILES string of the molecule is Cc1nc(CN(C)C(=O)[C@@]2(C)CCc3c(C)c(O)c(C)c(C)c3O2)cs1. The van der Waals surface area contributed by atoms with Crippen molar-refractivity contribution in [1.82, 2.24) is 9.88 Å². The fourth-order valence-corrected chi connectivity index (χ4v) is 4.20. The van der Waals surface area contributed by atoms with Gasteiger partial charge in [0.2, 0.25) is 0 Å². The molecule has 26 heavy (non-hydrogen) atoms. The number of phenols is 1. The van der Waals surface area contributed by atoms with Crippen LogP contribution in [0.4, 0.5) is 0 Å². The molecule has 6 heteroatoms. The van der Waals surface area contributed by atoms with E-state index in [0.717, 1.165) is 38.7 Å². The van der Waals surface area contributed by atoms with E-state index in [1.807, 2.05) is 40.0 Å². The molecule has 2 heterocycles. The molecule has 1 aromatic carbocycles. The van der Waals surface area contributed by atoms with Gasteiger partial charge in [-0.25, -0.2) is 4.98 Å². The van der Waals surface area contributed by atoms with E-state index in [-0.39, 0.29) is 5.91 Å². The summed E-state index contributed by atoms with van der Waals surface area (Å²) in [6.45, 7) is 10.0. The van der Waals surface area contributed by atoms with Gasteiger partial charge in [0.1, 0.15) is 11.5 Å². The summed E-state index contributed by atoms with van der Waals surface area (Å²) in [5.74, 6) is 1.03. The first-order valence-electron chi connectivity index (χ1n) is 8.81. The average Bonchev–Trinajstić information content (AvgIpc) is 3.02. The number of amides is 1. The number of likely N-dealkylation sites (N-methyl/N-ethyl adjacent to an activating group) is 1. The number of hydrogen-bond acceptors (Lipinski definition) is 5. The molecule has 1 N–H and O–H groups in total. The number of fused-ring (bicyclic) bond motifs is 1. The van der Waals surface area contributed by atoms with Crippen LogP contribution in [0.2, 0.25) is 0 Å². The second kappa shape index (κ2) is 6.58. The van der Waals surface area contributed by atoms with Crippen LogP contribution in [-0.2, 0) is 17.8 Å². The molecule has 0 radical (unpaired) electrons. The van der Waals surface area contributed by atoms with Crippen molar-refractivity contribution in [2.45, 2.75) is 59.6 Å². The standard InChI is InChI=1S/C20H26N2O3S/c1-11-12(2)18-16(13(3)17(11)23)7-8-20(5,25-18)19(24)22(6)9-15-10-26-14(4)21-15/h10,23H,7-9H2,1-6H3/t20-/m1/s1. The highest BCUT2D eigenvalue weighted by atomic mass is 32.1. The van der Waals surface area contributed by atoms with Gasteiger partial charge in [-0.05, 0) is 57.7 Å². The van der Waals surface area contributed by atoms with Crippen LogP contribution in [0.3, 0.4) is 0 Å². The van der Waals surface area contributed by atoms with Crippen molar-refractivity contribution in [3.05, 3.63) is 38.3 Å². The first kappa shape index (κ1) is 18.7. The molecular formula is C20H26N2O3S. The topological polar surface area (TPSA) is 62.7 Å². The van der Waals surface area contributed by atoms with Gasteiger partial charge in [0, 0.05) is 24.4 Å². The van der Waals surface area contributed by atoms with Gasteiger partial charge in [-0.2, -0.15) is 0 Å². The van der Waals surface area contributed by atoms with Crippen molar-refractivity contribution in [2.75, 3.05) is 7.05 Å². The van der Waals surface area contributed by atoms with E-state index < -0.39 is 5.60 Å². The second-order valence-electron chi connectivity index (χ2n) is 7.38. The molecule has 0 saturated heterocycles. The third-order valence-electron chi connectivity index (χ3n) is 5.38. The van der Waals surface area contributed by atoms with Crippen LogP contribution in [0.1, 0.15) is 46.3 Å². The first-order chi connectivity index (χ1) is 12.1. The van der Waals surface area contributed by atoms with Crippen molar-refractivity contribution in [1.29, 1.82) is 0 Å². The van der Waals surface area contributed by atoms with Gasteiger partial charge in [0.25, 0.3) is 5.91 Å². The Morgan fingerprint density at radius 1 is 1.31 bits per heavy atom. The normalized spacial score (nSPS) is 19.0. The summed E-state index contributed by atoms with van der Waals surface area (Å²) in [7, 11) is 1.79. The number of benzene rings is 1. The van der Waals surface area contributed by atoms with Crippen molar-refractivity contribution in [2.24, 2.45) is 0 Å². The maximum atomic E-state index is 13.1. The number of ether oxygens (including phenoxy) is 1. The van der Waals surface area contributed by atoms with Crippen LogP contribution < -0.4 is 4.74 Å². The Labute approximate surface area is 158 Å². The van der Waals surface area contributed by atoms with Crippen LogP contribution in [0.15, 0.2) is 5.38 Å². The molecule has 2 aromatic rings. The Morgan fingerprint density at radius 3 is 2.62 bits per heavy atom. The molecule has 140 valence electrons. The maximum absolute atomic E-state index is 13.1. The second-order valence-corrected chi connectivity index (χ2v) is 8.45. The molecule has 1 aliphatic heterocycles. The summed E-state index contributed by atoms with van der Waals surface area (Å²) in [5, 5.41) is 13.3.